The first-order valence-electron chi connectivity index (χ1n) is 9.84. The standard InChI is InChI=1S/C20H16FN3O4.C2H6/c1-8-2-9-11(5-22)12-6-24-16(17(12)23-15(9)4-14(8)21)3-10-13(19(24)26)7-28-20(27)18(10)25;1-2/h2-4,18,25H,5-7,22H2,1H3;1-2H3. The molecule has 0 fully saturated rings. The molecule has 0 radical (unpaired) electrons. The molecule has 3 N–H and O–H groups in total. The van der Waals surface area contributed by atoms with Crippen LogP contribution in [-0.4, -0.2) is 20.6 Å². The predicted octanol–water partition coefficient (Wildman–Crippen LogP) is 2.45. The van der Waals surface area contributed by atoms with Gasteiger partial charge in [0.25, 0.3) is 5.56 Å². The average Bonchev–Trinajstić information content (AvgIpc) is 3.11. The maximum Gasteiger partial charge on any atom is 0.340 e. The van der Waals surface area contributed by atoms with Crippen molar-refractivity contribution < 1.29 is 19.0 Å². The highest BCUT2D eigenvalue weighted by Gasteiger charge is 2.34. The van der Waals surface area contributed by atoms with Gasteiger partial charge in [-0.25, -0.2) is 14.2 Å². The van der Waals surface area contributed by atoms with E-state index in [1.54, 1.807) is 19.1 Å². The number of pyridine rings is 2. The molecular weight excluding hydrogens is 389 g/mol. The molecule has 0 saturated heterocycles. The Kier molecular flexibility index (Phi) is 4.91. The van der Waals surface area contributed by atoms with Crippen molar-refractivity contribution in [2.45, 2.75) is 46.6 Å². The summed E-state index contributed by atoms with van der Waals surface area (Å²) in [6.07, 6.45) is -1.51. The summed E-state index contributed by atoms with van der Waals surface area (Å²) >= 11 is 0. The van der Waals surface area contributed by atoms with E-state index >= 15 is 0 Å². The molecule has 0 saturated carbocycles. The minimum Gasteiger partial charge on any atom is -0.458 e. The summed E-state index contributed by atoms with van der Waals surface area (Å²) in [7, 11) is 0. The quantitative estimate of drug-likeness (QED) is 0.466. The summed E-state index contributed by atoms with van der Waals surface area (Å²) < 4.78 is 20.5. The number of nitrogens with zero attached hydrogens (tertiary/aromatic N) is 2. The third-order valence-electron chi connectivity index (χ3n) is 5.56. The maximum absolute atomic E-state index is 14.1. The van der Waals surface area contributed by atoms with Crippen LogP contribution in [0.5, 0.6) is 0 Å². The van der Waals surface area contributed by atoms with E-state index in [-0.39, 0.29) is 42.2 Å². The molecule has 3 aromatic rings. The number of carbonyl (C=O) groups is 1. The highest BCUT2D eigenvalue weighted by atomic mass is 19.1. The van der Waals surface area contributed by atoms with Gasteiger partial charge in [-0.1, -0.05) is 13.8 Å². The number of aliphatic hydroxyl groups excluding tert-OH is 1. The molecule has 0 amide bonds. The third kappa shape index (κ3) is 2.75. The average molecular weight is 411 g/mol. The molecule has 4 heterocycles. The molecule has 0 bridgehead atoms. The summed E-state index contributed by atoms with van der Waals surface area (Å²) in [5.41, 5.74) is 9.67. The summed E-state index contributed by atoms with van der Waals surface area (Å²) in [5, 5.41) is 10.9. The summed E-state index contributed by atoms with van der Waals surface area (Å²) in [6.45, 7) is 5.98. The number of benzene rings is 1. The molecule has 2 aromatic heterocycles. The van der Waals surface area contributed by atoms with E-state index in [4.69, 9.17) is 10.5 Å². The topological polar surface area (TPSA) is 107 Å². The van der Waals surface area contributed by atoms with Crippen LogP contribution in [0.25, 0.3) is 22.3 Å². The molecule has 1 atom stereocenters. The van der Waals surface area contributed by atoms with E-state index in [2.05, 4.69) is 4.98 Å². The van der Waals surface area contributed by atoms with Gasteiger partial charge < -0.3 is 20.1 Å². The fourth-order valence-corrected chi connectivity index (χ4v) is 4.07. The number of aryl methyl sites for hydroxylation is 1. The second kappa shape index (κ2) is 7.30. The van der Waals surface area contributed by atoms with Gasteiger partial charge in [0.2, 0.25) is 0 Å². The Morgan fingerprint density at radius 2 is 2.00 bits per heavy atom. The van der Waals surface area contributed by atoms with Gasteiger partial charge in [0.05, 0.1) is 29.0 Å². The van der Waals surface area contributed by atoms with Crippen LogP contribution in [0.1, 0.15) is 47.8 Å². The van der Waals surface area contributed by atoms with Crippen molar-refractivity contribution in [3.63, 3.8) is 0 Å². The van der Waals surface area contributed by atoms with Crippen molar-refractivity contribution in [1.82, 2.24) is 9.55 Å². The fourth-order valence-electron chi connectivity index (χ4n) is 4.07. The lowest BCUT2D eigenvalue weighted by Crippen LogP contribution is -2.32. The number of hydrogen-bond acceptors (Lipinski definition) is 6. The first-order valence-corrected chi connectivity index (χ1v) is 9.84. The molecule has 156 valence electrons. The van der Waals surface area contributed by atoms with Crippen molar-refractivity contribution in [3.05, 3.63) is 62.2 Å². The largest absolute Gasteiger partial charge is 0.458 e. The summed E-state index contributed by atoms with van der Waals surface area (Å²) in [5.74, 6) is -1.16. The predicted molar refractivity (Wildman–Crippen MR) is 109 cm³/mol. The number of carbonyl (C=O) groups excluding carboxylic acids is 1. The second-order valence-corrected chi connectivity index (χ2v) is 7.11. The number of cyclic esters (lactones) is 1. The smallest absolute Gasteiger partial charge is 0.340 e. The van der Waals surface area contributed by atoms with Gasteiger partial charge in [0, 0.05) is 29.1 Å². The Morgan fingerprint density at radius 1 is 1.27 bits per heavy atom. The molecule has 0 aliphatic carbocycles. The Hall–Kier alpha value is -3.10. The van der Waals surface area contributed by atoms with Gasteiger partial charge in [-0.3, -0.25) is 4.79 Å². The van der Waals surface area contributed by atoms with E-state index in [0.29, 0.717) is 22.5 Å². The first-order chi connectivity index (χ1) is 14.4. The molecule has 5 rings (SSSR count). The molecule has 0 spiro atoms. The van der Waals surface area contributed by atoms with Gasteiger partial charge in [0.1, 0.15) is 12.4 Å². The Morgan fingerprint density at radius 3 is 2.70 bits per heavy atom. The van der Waals surface area contributed by atoms with E-state index in [0.717, 1.165) is 16.5 Å². The van der Waals surface area contributed by atoms with Crippen LogP contribution >= 0.6 is 0 Å². The van der Waals surface area contributed by atoms with Gasteiger partial charge in [-0.05, 0) is 30.2 Å². The first kappa shape index (κ1) is 20.2. The number of hydrogen-bond donors (Lipinski definition) is 2. The normalized spacial score (nSPS) is 16.3. The molecule has 2 aliphatic heterocycles. The Bertz CT molecular complexity index is 1270. The highest BCUT2D eigenvalue weighted by molar-refractivity contribution is 5.89. The number of fused-ring (bicyclic) bond motifs is 5. The second-order valence-electron chi connectivity index (χ2n) is 7.11. The van der Waals surface area contributed by atoms with Gasteiger partial charge in [-0.15, -0.1) is 0 Å². The molecule has 2 aliphatic rings. The number of aromatic nitrogens is 2. The highest BCUT2D eigenvalue weighted by Crippen LogP contribution is 2.38. The van der Waals surface area contributed by atoms with Crippen molar-refractivity contribution in [2.75, 3.05) is 0 Å². The number of halogens is 1. The molecule has 8 heteroatoms. The minimum atomic E-state index is -1.51. The van der Waals surface area contributed by atoms with E-state index in [9.17, 15) is 19.1 Å². The number of ether oxygens (including phenoxy) is 1. The third-order valence-corrected chi connectivity index (χ3v) is 5.56. The van der Waals surface area contributed by atoms with Gasteiger partial charge >= 0.3 is 5.97 Å². The maximum atomic E-state index is 14.1. The van der Waals surface area contributed by atoms with Crippen molar-refractivity contribution >= 4 is 16.9 Å². The van der Waals surface area contributed by atoms with E-state index in [1.165, 1.54) is 10.6 Å². The number of aliphatic hydroxyl groups is 1. The molecule has 1 unspecified atom stereocenters. The van der Waals surface area contributed by atoms with Crippen molar-refractivity contribution in [1.29, 1.82) is 0 Å². The zero-order valence-electron chi connectivity index (χ0n) is 17.0. The van der Waals surface area contributed by atoms with Crippen LogP contribution in [0.2, 0.25) is 0 Å². The van der Waals surface area contributed by atoms with Crippen molar-refractivity contribution in [3.8, 4) is 11.4 Å². The minimum absolute atomic E-state index is 0.176. The Balaban J connectivity index is 0.00000106. The SMILES string of the molecule is CC.Cc1cc2c(CN)c3c(nc2cc1F)-c1cc2c(c(=O)n1C3)COC(=O)C2O. The van der Waals surface area contributed by atoms with Crippen LogP contribution in [0, 0.1) is 12.7 Å². The van der Waals surface area contributed by atoms with E-state index < -0.39 is 12.1 Å². The van der Waals surface area contributed by atoms with Crippen LogP contribution in [0.15, 0.2) is 23.0 Å². The lowest BCUT2D eigenvalue weighted by Gasteiger charge is -2.21. The number of rotatable bonds is 1. The fraction of sp³-hybridized carbons (Fsp3) is 0.318. The van der Waals surface area contributed by atoms with Crippen LogP contribution in [0.4, 0.5) is 4.39 Å². The molecule has 7 nitrogen and oxygen atoms in total. The van der Waals surface area contributed by atoms with Gasteiger partial charge in [0.15, 0.2) is 6.10 Å². The zero-order valence-corrected chi connectivity index (χ0v) is 17.0. The van der Waals surface area contributed by atoms with Crippen molar-refractivity contribution in [2.24, 2.45) is 5.73 Å². The molecule has 30 heavy (non-hydrogen) atoms. The zero-order chi connectivity index (χ0) is 21.7. The Labute approximate surface area is 171 Å². The summed E-state index contributed by atoms with van der Waals surface area (Å²) in [6, 6.07) is 4.67. The molecule has 1 aromatic carbocycles. The van der Waals surface area contributed by atoms with Crippen LogP contribution < -0.4 is 11.3 Å². The monoisotopic (exact) mass is 411 g/mol. The number of nitrogens with two attached hydrogens (primary N) is 1. The van der Waals surface area contributed by atoms with Crippen LogP contribution in [-0.2, 0) is 29.2 Å². The number of esters is 1. The van der Waals surface area contributed by atoms with Crippen LogP contribution in [0.3, 0.4) is 0 Å². The van der Waals surface area contributed by atoms with Gasteiger partial charge in [-0.2, -0.15) is 0 Å². The lowest BCUT2D eigenvalue weighted by molar-refractivity contribution is -0.157. The lowest BCUT2D eigenvalue weighted by atomic mass is 9.98. The molecular formula is C22H22FN3O4. The van der Waals surface area contributed by atoms with E-state index in [1.807, 2.05) is 13.8 Å². The summed E-state index contributed by atoms with van der Waals surface area (Å²) in [4.78, 5) is 29.3.